The van der Waals surface area contributed by atoms with E-state index in [9.17, 15) is 14.7 Å². The Kier molecular flexibility index (Phi) is 3.73. The number of phenolic OH excluding ortho intramolecular Hbond substituents is 1. The van der Waals surface area contributed by atoms with Crippen molar-refractivity contribution in [2.45, 2.75) is 12.6 Å². The van der Waals surface area contributed by atoms with E-state index >= 15 is 0 Å². The van der Waals surface area contributed by atoms with Gasteiger partial charge in [-0.1, -0.05) is 35.9 Å². The molecule has 1 aliphatic heterocycles. The highest BCUT2D eigenvalue weighted by atomic mass is 35.5. The zero-order valence-corrected chi connectivity index (χ0v) is 12.2. The number of nitrogens with one attached hydrogen (secondary N) is 1. The van der Waals surface area contributed by atoms with Gasteiger partial charge in [0.2, 0.25) is 0 Å². The Balaban J connectivity index is 1.81. The van der Waals surface area contributed by atoms with E-state index in [0.29, 0.717) is 10.6 Å². The summed E-state index contributed by atoms with van der Waals surface area (Å²) in [5.74, 6) is -0.291. The molecule has 2 aromatic carbocycles. The highest BCUT2D eigenvalue weighted by Crippen LogP contribution is 2.25. The smallest absolute Gasteiger partial charge is 0.325 e. The lowest BCUT2D eigenvalue weighted by Gasteiger charge is -2.13. The van der Waals surface area contributed by atoms with E-state index in [4.69, 9.17) is 11.6 Å². The van der Waals surface area contributed by atoms with Crippen molar-refractivity contribution in [1.82, 2.24) is 10.2 Å². The second-order valence-electron chi connectivity index (χ2n) is 5.03. The summed E-state index contributed by atoms with van der Waals surface area (Å²) in [4.78, 5) is 25.6. The van der Waals surface area contributed by atoms with Gasteiger partial charge >= 0.3 is 6.03 Å². The number of amides is 3. The first-order chi connectivity index (χ1) is 10.5. The number of benzene rings is 2. The van der Waals surface area contributed by atoms with Crippen LogP contribution in [0.25, 0.3) is 0 Å². The Morgan fingerprint density at radius 1 is 1.14 bits per heavy atom. The van der Waals surface area contributed by atoms with E-state index in [2.05, 4.69) is 5.32 Å². The van der Waals surface area contributed by atoms with Crippen LogP contribution in [-0.2, 0) is 11.3 Å². The second-order valence-corrected chi connectivity index (χ2v) is 5.46. The minimum absolute atomic E-state index is 0.0516. The van der Waals surface area contributed by atoms with E-state index in [0.717, 1.165) is 10.5 Å². The summed E-state index contributed by atoms with van der Waals surface area (Å²) in [6.07, 6.45) is 0. The molecule has 1 aliphatic rings. The molecule has 1 saturated heterocycles. The lowest BCUT2D eigenvalue weighted by Crippen LogP contribution is -2.30. The first kappa shape index (κ1) is 14.4. The molecule has 112 valence electrons. The first-order valence-electron chi connectivity index (χ1n) is 6.70. The molecular weight excluding hydrogens is 304 g/mol. The van der Waals surface area contributed by atoms with Gasteiger partial charge in [0.1, 0.15) is 11.8 Å². The Morgan fingerprint density at radius 2 is 1.86 bits per heavy atom. The summed E-state index contributed by atoms with van der Waals surface area (Å²) in [5.41, 5.74) is 1.36. The number of aromatic hydroxyl groups is 1. The van der Waals surface area contributed by atoms with Crippen molar-refractivity contribution in [3.63, 3.8) is 0 Å². The number of carbonyl (C=O) groups excluding carboxylic acids is 2. The third-order valence-electron chi connectivity index (χ3n) is 3.48. The fourth-order valence-electron chi connectivity index (χ4n) is 2.37. The van der Waals surface area contributed by atoms with Crippen molar-refractivity contribution in [2.75, 3.05) is 0 Å². The Labute approximate surface area is 132 Å². The van der Waals surface area contributed by atoms with Crippen LogP contribution in [0.5, 0.6) is 5.75 Å². The Hall–Kier alpha value is -2.53. The van der Waals surface area contributed by atoms with Gasteiger partial charge in [0.25, 0.3) is 5.91 Å². The van der Waals surface area contributed by atoms with Gasteiger partial charge < -0.3 is 10.4 Å². The highest BCUT2D eigenvalue weighted by molar-refractivity contribution is 6.30. The second kappa shape index (κ2) is 5.69. The predicted molar refractivity (Wildman–Crippen MR) is 81.4 cm³/mol. The van der Waals surface area contributed by atoms with Crippen molar-refractivity contribution >= 4 is 23.5 Å². The van der Waals surface area contributed by atoms with Crippen molar-refractivity contribution in [3.8, 4) is 5.75 Å². The number of nitrogens with zero attached hydrogens (tertiary/aromatic N) is 1. The molecule has 0 radical (unpaired) electrons. The molecule has 2 N–H and O–H groups in total. The molecule has 0 spiro atoms. The van der Waals surface area contributed by atoms with Crippen LogP contribution >= 0.6 is 11.6 Å². The molecule has 0 aromatic heterocycles. The number of urea groups is 1. The van der Waals surface area contributed by atoms with Gasteiger partial charge in [-0.3, -0.25) is 9.69 Å². The maximum absolute atomic E-state index is 12.4. The predicted octanol–water partition coefficient (Wildman–Crippen LogP) is 2.84. The zero-order chi connectivity index (χ0) is 15.7. The Bertz CT molecular complexity index is 730. The number of halogens is 1. The Morgan fingerprint density at radius 3 is 2.55 bits per heavy atom. The van der Waals surface area contributed by atoms with E-state index < -0.39 is 12.1 Å². The van der Waals surface area contributed by atoms with Crippen LogP contribution in [0.4, 0.5) is 4.79 Å². The molecule has 1 atom stereocenters. The van der Waals surface area contributed by atoms with Crippen LogP contribution in [-0.4, -0.2) is 21.9 Å². The van der Waals surface area contributed by atoms with E-state index in [-0.39, 0.29) is 18.2 Å². The maximum atomic E-state index is 12.4. The third-order valence-corrected chi connectivity index (χ3v) is 3.74. The van der Waals surface area contributed by atoms with Crippen molar-refractivity contribution in [1.29, 1.82) is 0 Å². The van der Waals surface area contributed by atoms with Crippen molar-refractivity contribution < 1.29 is 14.7 Å². The van der Waals surface area contributed by atoms with Crippen LogP contribution in [0.3, 0.4) is 0 Å². The normalized spacial score (nSPS) is 17.7. The molecule has 1 heterocycles. The topological polar surface area (TPSA) is 69.6 Å². The van der Waals surface area contributed by atoms with E-state index in [1.807, 2.05) is 0 Å². The highest BCUT2D eigenvalue weighted by Gasteiger charge is 2.38. The van der Waals surface area contributed by atoms with Crippen molar-refractivity contribution in [2.24, 2.45) is 0 Å². The van der Waals surface area contributed by atoms with Gasteiger partial charge in [0.15, 0.2) is 0 Å². The van der Waals surface area contributed by atoms with Crippen LogP contribution in [0, 0.1) is 0 Å². The molecule has 22 heavy (non-hydrogen) atoms. The van der Waals surface area contributed by atoms with Gasteiger partial charge in [0.05, 0.1) is 6.54 Å². The fraction of sp³-hybridized carbons (Fsp3) is 0.125. The quantitative estimate of drug-likeness (QED) is 0.855. The van der Waals surface area contributed by atoms with Gasteiger partial charge in [-0.2, -0.15) is 0 Å². The van der Waals surface area contributed by atoms with Crippen LogP contribution in [0.15, 0.2) is 48.5 Å². The average Bonchev–Trinajstić information content (AvgIpc) is 2.77. The monoisotopic (exact) mass is 316 g/mol. The number of carbonyl (C=O) groups is 2. The van der Waals surface area contributed by atoms with E-state index in [1.165, 1.54) is 12.1 Å². The van der Waals surface area contributed by atoms with Gasteiger partial charge in [-0.25, -0.2) is 4.79 Å². The molecule has 0 saturated carbocycles. The van der Waals surface area contributed by atoms with Gasteiger partial charge in [-0.05, 0) is 35.4 Å². The largest absolute Gasteiger partial charge is 0.508 e. The van der Waals surface area contributed by atoms with Crippen LogP contribution in [0.2, 0.25) is 5.02 Å². The van der Waals surface area contributed by atoms with Crippen molar-refractivity contribution in [3.05, 3.63) is 64.7 Å². The number of imide groups is 1. The molecule has 3 amide bonds. The third kappa shape index (κ3) is 2.76. The summed E-state index contributed by atoms with van der Waals surface area (Å²) < 4.78 is 0. The minimum atomic E-state index is -0.771. The fourth-order valence-corrected chi connectivity index (χ4v) is 2.50. The number of rotatable bonds is 3. The number of phenols is 1. The SMILES string of the molecule is O=C1NC(c2cccc(O)c2)C(=O)N1Cc1ccc(Cl)cc1. The summed E-state index contributed by atoms with van der Waals surface area (Å²) in [6.45, 7) is 0.178. The van der Waals surface area contributed by atoms with Gasteiger partial charge in [0, 0.05) is 5.02 Å². The van der Waals surface area contributed by atoms with E-state index in [1.54, 1.807) is 36.4 Å². The molecule has 6 heteroatoms. The number of hydrogen-bond acceptors (Lipinski definition) is 3. The lowest BCUT2D eigenvalue weighted by atomic mass is 10.1. The summed E-state index contributed by atoms with van der Waals surface area (Å²) in [7, 11) is 0. The molecular formula is C16H13ClN2O3. The lowest BCUT2D eigenvalue weighted by molar-refractivity contribution is -0.128. The molecule has 3 rings (SSSR count). The van der Waals surface area contributed by atoms with Crippen LogP contribution in [0.1, 0.15) is 17.2 Å². The summed E-state index contributed by atoms with van der Waals surface area (Å²) in [5, 5.41) is 12.7. The molecule has 2 aromatic rings. The summed E-state index contributed by atoms with van der Waals surface area (Å²) >= 11 is 5.82. The molecule has 0 aliphatic carbocycles. The zero-order valence-electron chi connectivity index (χ0n) is 11.5. The molecule has 1 fully saturated rings. The number of hydrogen-bond donors (Lipinski definition) is 2. The molecule has 5 nitrogen and oxygen atoms in total. The standard InChI is InChI=1S/C16H13ClN2O3/c17-12-6-4-10(5-7-12)9-19-15(21)14(18-16(19)22)11-2-1-3-13(20)8-11/h1-8,14,20H,9H2,(H,18,22). The summed E-state index contributed by atoms with van der Waals surface area (Å²) in [6, 6.07) is 12.0. The minimum Gasteiger partial charge on any atom is -0.508 e. The van der Waals surface area contributed by atoms with Gasteiger partial charge in [-0.15, -0.1) is 0 Å². The maximum Gasteiger partial charge on any atom is 0.325 e. The first-order valence-corrected chi connectivity index (χ1v) is 7.07. The molecule has 1 unspecified atom stereocenters. The van der Waals surface area contributed by atoms with Crippen LogP contribution < -0.4 is 5.32 Å². The average molecular weight is 317 g/mol. The molecule has 0 bridgehead atoms.